The second-order valence-corrected chi connectivity index (χ2v) is 4.25. The Morgan fingerprint density at radius 2 is 1.30 bits per heavy atom. The molecule has 5 N–H and O–H groups in total. The van der Waals surface area contributed by atoms with Gasteiger partial charge in [-0.2, -0.15) is 0 Å². The summed E-state index contributed by atoms with van der Waals surface area (Å²) in [7, 11) is 0. The predicted molar refractivity (Wildman–Crippen MR) is 82.5 cm³/mol. The van der Waals surface area contributed by atoms with Crippen LogP contribution in [-0.4, -0.2) is 84.8 Å². The zero-order valence-corrected chi connectivity index (χ0v) is 13.4. The number of carbonyl (C=O) groups excluding carboxylic acids is 2. The third-order valence-electron chi connectivity index (χ3n) is 2.42. The highest BCUT2D eigenvalue weighted by atomic mass is 16.6. The van der Waals surface area contributed by atoms with Gasteiger partial charge < -0.3 is 29.6 Å². The van der Waals surface area contributed by atoms with Crippen molar-refractivity contribution in [1.29, 1.82) is 0 Å². The third-order valence-corrected chi connectivity index (χ3v) is 2.42. The predicted octanol–water partition coefficient (Wildman–Crippen LogP) is -2.62. The molecular weight excluding hydrogens is 308 g/mol. The molecule has 0 saturated carbocycles. The van der Waals surface area contributed by atoms with Crippen LogP contribution < -0.4 is 21.9 Å². The quantitative estimate of drug-likeness (QED) is 0.0925. The molecule has 0 fully saturated rings. The van der Waals surface area contributed by atoms with E-state index in [9.17, 15) is 9.59 Å². The SMILES string of the molecule is NNCCOCCOCCOCCOCCNC(=O)CNC=O. The minimum absolute atomic E-state index is 0.0262. The molecule has 0 heterocycles. The fourth-order valence-corrected chi connectivity index (χ4v) is 1.35. The number of hydrogen-bond acceptors (Lipinski definition) is 8. The van der Waals surface area contributed by atoms with Crippen molar-refractivity contribution in [3.05, 3.63) is 0 Å². The number of amides is 2. The van der Waals surface area contributed by atoms with E-state index in [2.05, 4.69) is 16.1 Å². The Labute approximate surface area is 136 Å². The number of ether oxygens (including phenoxy) is 4. The van der Waals surface area contributed by atoms with E-state index < -0.39 is 0 Å². The minimum Gasteiger partial charge on any atom is -0.378 e. The highest BCUT2D eigenvalue weighted by molar-refractivity contribution is 5.79. The monoisotopic (exact) mass is 336 g/mol. The highest BCUT2D eigenvalue weighted by Gasteiger charge is 1.98. The van der Waals surface area contributed by atoms with Gasteiger partial charge in [-0.05, 0) is 0 Å². The molecule has 136 valence electrons. The van der Waals surface area contributed by atoms with E-state index in [1.165, 1.54) is 0 Å². The van der Waals surface area contributed by atoms with E-state index in [1.54, 1.807) is 0 Å². The molecule has 0 aliphatic carbocycles. The largest absolute Gasteiger partial charge is 0.378 e. The summed E-state index contributed by atoms with van der Waals surface area (Å²) in [6.07, 6.45) is 0.476. The van der Waals surface area contributed by atoms with Gasteiger partial charge in [0.25, 0.3) is 0 Å². The Kier molecular flexibility index (Phi) is 17.7. The lowest BCUT2D eigenvalue weighted by Crippen LogP contribution is -2.35. The van der Waals surface area contributed by atoms with Gasteiger partial charge in [-0.15, -0.1) is 0 Å². The van der Waals surface area contributed by atoms with Crippen molar-refractivity contribution < 1.29 is 28.5 Å². The first-order valence-electron chi connectivity index (χ1n) is 7.49. The van der Waals surface area contributed by atoms with Gasteiger partial charge in [-0.3, -0.25) is 20.9 Å². The van der Waals surface area contributed by atoms with Gasteiger partial charge >= 0.3 is 0 Å². The summed E-state index contributed by atoms with van der Waals surface area (Å²) in [6.45, 7) is 4.86. The van der Waals surface area contributed by atoms with Crippen LogP contribution in [0.3, 0.4) is 0 Å². The topological polar surface area (TPSA) is 133 Å². The Balaban J connectivity index is 3.05. The van der Waals surface area contributed by atoms with Gasteiger partial charge in [-0.1, -0.05) is 0 Å². The zero-order valence-electron chi connectivity index (χ0n) is 13.4. The van der Waals surface area contributed by atoms with Gasteiger partial charge in [-0.25, -0.2) is 0 Å². The van der Waals surface area contributed by atoms with Crippen LogP contribution in [0.1, 0.15) is 0 Å². The van der Waals surface area contributed by atoms with E-state index in [-0.39, 0.29) is 12.5 Å². The third kappa shape index (κ3) is 18.7. The van der Waals surface area contributed by atoms with Crippen LogP contribution in [0.15, 0.2) is 0 Å². The molecule has 10 nitrogen and oxygen atoms in total. The van der Waals surface area contributed by atoms with Crippen molar-refractivity contribution >= 4 is 12.3 Å². The van der Waals surface area contributed by atoms with E-state index in [0.29, 0.717) is 72.4 Å². The van der Waals surface area contributed by atoms with Gasteiger partial charge in [0.2, 0.25) is 12.3 Å². The van der Waals surface area contributed by atoms with Gasteiger partial charge in [0.15, 0.2) is 0 Å². The number of hydrazine groups is 1. The molecule has 0 aromatic heterocycles. The van der Waals surface area contributed by atoms with Crippen LogP contribution in [0.4, 0.5) is 0 Å². The van der Waals surface area contributed by atoms with Gasteiger partial charge in [0.1, 0.15) is 0 Å². The maximum absolute atomic E-state index is 11.1. The Bertz CT molecular complexity index is 283. The van der Waals surface area contributed by atoms with Crippen LogP contribution >= 0.6 is 0 Å². The maximum Gasteiger partial charge on any atom is 0.239 e. The number of hydrogen-bond donors (Lipinski definition) is 4. The van der Waals surface area contributed by atoms with E-state index in [4.69, 9.17) is 24.8 Å². The lowest BCUT2D eigenvalue weighted by molar-refractivity contribution is -0.122. The van der Waals surface area contributed by atoms with Crippen LogP contribution in [0.5, 0.6) is 0 Å². The average molecular weight is 336 g/mol. The molecule has 0 atom stereocenters. The lowest BCUT2D eigenvalue weighted by atomic mass is 10.5. The van der Waals surface area contributed by atoms with Crippen molar-refractivity contribution in [2.75, 3.05) is 72.5 Å². The molecule has 2 amide bonds. The molecule has 0 bridgehead atoms. The summed E-state index contributed by atoms with van der Waals surface area (Å²) in [4.78, 5) is 21.1. The average Bonchev–Trinajstić information content (AvgIpc) is 2.56. The number of rotatable bonds is 18. The second kappa shape index (κ2) is 18.7. The van der Waals surface area contributed by atoms with Crippen LogP contribution in [0, 0.1) is 0 Å². The van der Waals surface area contributed by atoms with Gasteiger partial charge in [0.05, 0.1) is 59.4 Å². The molecule has 0 spiro atoms. The number of nitrogens with one attached hydrogen (secondary N) is 3. The van der Waals surface area contributed by atoms with Crippen molar-refractivity contribution in [2.45, 2.75) is 0 Å². The highest BCUT2D eigenvalue weighted by Crippen LogP contribution is 1.82. The van der Waals surface area contributed by atoms with Crippen molar-refractivity contribution in [3.63, 3.8) is 0 Å². The zero-order chi connectivity index (χ0) is 17.0. The maximum atomic E-state index is 11.1. The Hall–Kier alpha value is -1.30. The number of carbonyl (C=O) groups is 2. The van der Waals surface area contributed by atoms with Crippen LogP contribution in [0.25, 0.3) is 0 Å². The van der Waals surface area contributed by atoms with Gasteiger partial charge in [0, 0.05) is 13.1 Å². The van der Waals surface area contributed by atoms with Crippen LogP contribution in [0.2, 0.25) is 0 Å². The first kappa shape index (κ1) is 21.7. The molecule has 0 rings (SSSR count). The molecule has 0 aromatic rings. The second-order valence-electron chi connectivity index (χ2n) is 4.25. The normalized spacial score (nSPS) is 10.5. The van der Waals surface area contributed by atoms with Crippen molar-refractivity contribution in [3.8, 4) is 0 Å². The molecule has 0 aliphatic rings. The van der Waals surface area contributed by atoms with Crippen molar-refractivity contribution in [2.24, 2.45) is 5.84 Å². The summed E-state index contributed by atoms with van der Waals surface area (Å²) in [5.41, 5.74) is 2.49. The van der Waals surface area contributed by atoms with E-state index in [1.807, 2.05) is 0 Å². The smallest absolute Gasteiger partial charge is 0.239 e. The minimum atomic E-state index is -0.252. The van der Waals surface area contributed by atoms with E-state index in [0.717, 1.165) is 0 Å². The Morgan fingerprint density at radius 3 is 1.78 bits per heavy atom. The van der Waals surface area contributed by atoms with E-state index >= 15 is 0 Å². The summed E-state index contributed by atoms with van der Waals surface area (Å²) < 4.78 is 21.1. The molecule has 23 heavy (non-hydrogen) atoms. The molecule has 0 aliphatic heterocycles. The molecule has 0 radical (unpaired) electrons. The number of nitrogens with two attached hydrogens (primary N) is 1. The molecule has 0 aromatic carbocycles. The molecule has 10 heteroatoms. The molecular formula is C13H28N4O6. The first-order chi connectivity index (χ1) is 11.3. The molecule has 0 saturated heterocycles. The summed E-state index contributed by atoms with van der Waals surface area (Å²) >= 11 is 0. The summed E-state index contributed by atoms with van der Waals surface area (Å²) in [5.74, 6) is 4.83. The Morgan fingerprint density at radius 1 is 0.826 bits per heavy atom. The molecule has 0 unspecified atom stereocenters. The summed E-state index contributed by atoms with van der Waals surface area (Å²) in [6, 6.07) is 0. The fourth-order valence-electron chi connectivity index (χ4n) is 1.35. The fraction of sp³-hybridized carbons (Fsp3) is 0.846. The first-order valence-corrected chi connectivity index (χ1v) is 7.49. The van der Waals surface area contributed by atoms with Crippen LogP contribution in [-0.2, 0) is 28.5 Å². The standard InChI is InChI=1S/C13H28N4O6/c14-17-2-4-21-6-8-23-10-9-22-7-5-20-3-1-16-13(19)11-15-12-18/h12,17H,1-11,14H2,(H,15,18)(H,16,19). The van der Waals surface area contributed by atoms with Crippen molar-refractivity contribution in [1.82, 2.24) is 16.1 Å². The lowest BCUT2D eigenvalue weighted by Gasteiger charge is -2.08. The summed E-state index contributed by atoms with van der Waals surface area (Å²) in [5, 5.41) is 4.86.